The van der Waals surface area contributed by atoms with Gasteiger partial charge in [0.15, 0.2) is 5.82 Å². The fourth-order valence-corrected chi connectivity index (χ4v) is 9.02. The Kier molecular flexibility index (Phi) is 6.86. The monoisotopic (exact) mass is 632 g/mol. The Bertz CT molecular complexity index is 1910. The number of benzene rings is 3. The van der Waals surface area contributed by atoms with Gasteiger partial charge in [-0.3, -0.25) is 0 Å². The molecule has 5 aliphatic rings. The van der Waals surface area contributed by atoms with E-state index in [0.29, 0.717) is 40.8 Å². The SMILES string of the molecule is C#Cc1cccc2cc(O)cc(-c3ccc4c(N5CC6CCC(C5)N6)nc(OCC5(CN6CC7CN(C)CC7C6)CC5)nc4c3F)c12. The van der Waals surface area contributed by atoms with E-state index in [9.17, 15) is 5.11 Å². The zero-order chi connectivity index (χ0) is 31.9. The van der Waals surface area contributed by atoms with Gasteiger partial charge in [-0.15, -0.1) is 6.42 Å². The number of nitrogens with zero attached hydrogens (tertiary/aromatic N) is 5. The molecule has 0 amide bonds. The van der Waals surface area contributed by atoms with E-state index in [0.717, 1.165) is 86.8 Å². The number of rotatable bonds is 7. The average molecular weight is 633 g/mol. The van der Waals surface area contributed by atoms with Gasteiger partial charge in [-0.25, -0.2) is 4.39 Å². The van der Waals surface area contributed by atoms with Crippen molar-refractivity contribution in [2.45, 2.75) is 37.8 Å². The van der Waals surface area contributed by atoms with E-state index >= 15 is 4.39 Å². The van der Waals surface area contributed by atoms with Crippen LogP contribution in [0.2, 0.25) is 0 Å². The zero-order valence-corrected chi connectivity index (χ0v) is 26.9. The van der Waals surface area contributed by atoms with Crippen LogP contribution in [0.4, 0.5) is 10.2 Å². The molecule has 0 radical (unpaired) electrons. The maximum atomic E-state index is 16.9. The minimum Gasteiger partial charge on any atom is -0.508 e. The summed E-state index contributed by atoms with van der Waals surface area (Å²) in [6, 6.07) is 13.5. The third-order valence-electron chi connectivity index (χ3n) is 11.5. The third kappa shape index (κ3) is 5.18. The van der Waals surface area contributed by atoms with Gasteiger partial charge in [0, 0.05) is 85.2 Å². The fraction of sp³-hybridized carbons (Fsp3) is 0.474. The maximum absolute atomic E-state index is 16.9. The van der Waals surface area contributed by atoms with Crippen LogP contribution in [0.1, 0.15) is 31.2 Å². The quantitative estimate of drug-likeness (QED) is 0.280. The van der Waals surface area contributed by atoms with E-state index in [1.165, 1.54) is 13.1 Å². The molecule has 8 nitrogen and oxygen atoms in total. The van der Waals surface area contributed by atoms with Crippen molar-refractivity contribution in [2.75, 3.05) is 64.4 Å². The summed E-state index contributed by atoms with van der Waals surface area (Å²) in [6.45, 7) is 7.90. The highest BCUT2D eigenvalue weighted by atomic mass is 19.1. The first-order valence-corrected chi connectivity index (χ1v) is 17.1. The molecule has 5 fully saturated rings. The van der Waals surface area contributed by atoms with Gasteiger partial charge in [0.05, 0.1) is 6.61 Å². The summed E-state index contributed by atoms with van der Waals surface area (Å²) in [5.41, 5.74) is 1.84. The second kappa shape index (κ2) is 11.0. The second-order valence-corrected chi connectivity index (χ2v) is 15.0. The highest BCUT2D eigenvalue weighted by Crippen LogP contribution is 2.48. The third-order valence-corrected chi connectivity index (χ3v) is 11.5. The van der Waals surface area contributed by atoms with Crippen LogP contribution in [0.5, 0.6) is 11.8 Å². The van der Waals surface area contributed by atoms with Crippen molar-refractivity contribution < 1.29 is 14.2 Å². The van der Waals surface area contributed by atoms with Gasteiger partial charge in [0.1, 0.15) is 17.1 Å². The number of nitrogens with one attached hydrogen (secondary N) is 1. The Morgan fingerprint density at radius 3 is 2.49 bits per heavy atom. The summed E-state index contributed by atoms with van der Waals surface area (Å²) in [6.07, 6.45) is 10.4. The van der Waals surface area contributed by atoms with E-state index in [2.05, 4.69) is 33.0 Å². The predicted octanol–water partition coefficient (Wildman–Crippen LogP) is 4.87. The summed E-state index contributed by atoms with van der Waals surface area (Å²) < 4.78 is 23.4. The first-order chi connectivity index (χ1) is 22.8. The number of aromatic hydroxyl groups is 1. The number of aromatic nitrogens is 2. The Morgan fingerprint density at radius 2 is 1.77 bits per heavy atom. The van der Waals surface area contributed by atoms with E-state index in [1.807, 2.05) is 24.3 Å². The molecule has 9 heteroatoms. The predicted molar refractivity (Wildman–Crippen MR) is 182 cm³/mol. The minimum absolute atomic E-state index is 0.0493. The first kappa shape index (κ1) is 29.2. The molecule has 9 rings (SSSR count). The molecular formula is C38H41FN6O2. The molecule has 242 valence electrons. The van der Waals surface area contributed by atoms with E-state index < -0.39 is 5.82 Å². The zero-order valence-electron chi connectivity index (χ0n) is 26.9. The van der Waals surface area contributed by atoms with Crippen LogP contribution in [-0.2, 0) is 0 Å². The number of phenols is 1. The maximum Gasteiger partial charge on any atom is 0.319 e. The number of likely N-dealkylation sites (tertiary alicyclic amines) is 2. The Balaban J connectivity index is 1.08. The molecular weight excluding hydrogens is 591 g/mol. The summed E-state index contributed by atoms with van der Waals surface area (Å²) in [5.74, 6) is 4.59. The molecule has 4 atom stereocenters. The molecule has 4 aliphatic heterocycles. The van der Waals surface area contributed by atoms with Gasteiger partial charge in [-0.05, 0) is 79.8 Å². The highest BCUT2D eigenvalue weighted by molar-refractivity contribution is 6.04. The average Bonchev–Trinajstić information content (AvgIpc) is 3.42. The lowest BCUT2D eigenvalue weighted by atomic mass is 9.93. The highest BCUT2D eigenvalue weighted by Gasteiger charge is 2.48. The van der Waals surface area contributed by atoms with Crippen molar-refractivity contribution in [3.63, 3.8) is 0 Å². The number of hydrogen-bond donors (Lipinski definition) is 2. The first-order valence-electron chi connectivity index (χ1n) is 17.1. The van der Waals surface area contributed by atoms with E-state index in [4.69, 9.17) is 21.1 Å². The second-order valence-electron chi connectivity index (χ2n) is 15.0. The molecule has 47 heavy (non-hydrogen) atoms. The molecule has 4 saturated heterocycles. The molecule has 1 aromatic heterocycles. The largest absolute Gasteiger partial charge is 0.508 e. The number of fused-ring (bicyclic) bond motifs is 5. The Labute approximate surface area is 274 Å². The lowest BCUT2D eigenvalue weighted by molar-refractivity contribution is 0.161. The van der Waals surface area contributed by atoms with Gasteiger partial charge in [-0.1, -0.05) is 24.1 Å². The van der Waals surface area contributed by atoms with Crippen molar-refractivity contribution in [1.29, 1.82) is 0 Å². The lowest BCUT2D eigenvalue weighted by Crippen LogP contribution is -2.51. The summed E-state index contributed by atoms with van der Waals surface area (Å²) in [4.78, 5) is 17.1. The topological polar surface area (TPSA) is 77.0 Å². The van der Waals surface area contributed by atoms with Crippen LogP contribution in [0.15, 0.2) is 42.5 Å². The van der Waals surface area contributed by atoms with Gasteiger partial charge in [0.2, 0.25) is 0 Å². The molecule has 4 aromatic rings. The van der Waals surface area contributed by atoms with Gasteiger partial charge >= 0.3 is 6.01 Å². The number of hydrogen-bond acceptors (Lipinski definition) is 8. The molecule has 3 aromatic carbocycles. The van der Waals surface area contributed by atoms with Crippen LogP contribution in [0.3, 0.4) is 0 Å². The van der Waals surface area contributed by atoms with E-state index in [1.54, 1.807) is 18.2 Å². The molecule has 2 N–H and O–H groups in total. The van der Waals surface area contributed by atoms with Crippen LogP contribution >= 0.6 is 0 Å². The molecule has 2 bridgehead atoms. The van der Waals surface area contributed by atoms with Gasteiger partial charge < -0.3 is 29.9 Å². The van der Waals surface area contributed by atoms with Crippen LogP contribution in [0.25, 0.3) is 32.8 Å². The summed E-state index contributed by atoms with van der Waals surface area (Å²) >= 11 is 0. The van der Waals surface area contributed by atoms with Crippen LogP contribution in [-0.4, -0.2) is 96.4 Å². The number of halogens is 1. The Morgan fingerprint density at radius 1 is 1.00 bits per heavy atom. The number of ether oxygens (including phenoxy) is 1. The van der Waals surface area contributed by atoms with Crippen molar-refractivity contribution in [3.8, 4) is 35.2 Å². The van der Waals surface area contributed by atoms with E-state index in [-0.39, 0.29) is 22.7 Å². The number of terminal acetylenes is 1. The fourth-order valence-electron chi connectivity index (χ4n) is 9.02. The number of phenolic OH excluding ortho intramolecular Hbond substituents is 1. The molecule has 1 saturated carbocycles. The van der Waals surface area contributed by atoms with Crippen LogP contribution < -0.4 is 15.0 Å². The molecule has 5 heterocycles. The standard InChI is InChI=1S/C38H41FN6O2/c1-3-23-5-4-6-24-13-29(46)14-32(33(23)24)30-9-10-31-35(34(30)39)41-37(42-36(31)45-19-27-7-8-28(20-45)40-27)47-22-38(11-12-38)21-44-17-25-15-43(2)16-26(25)18-44/h1,4-6,9-10,13-14,25-28,40,46H,7-8,11-12,15-22H2,2H3. The molecule has 1 aliphatic carbocycles. The van der Waals surface area contributed by atoms with Crippen molar-refractivity contribution in [1.82, 2.24) is 25.1 Å². The summed E-state index contributed by atoms with van der Waals surface area (Å²) in [7, 11) is 2.23. The molecule has 0 spiro atoms. The van der Waals surface area contributed by atoms with Crippen molar-refractivity contribution in [3.05, 3.63) is 53.8 Å². The van der Waals surface area contributed by atoms with Gasteiger partial charge in [-0.2, -0.15) is 9.97 Å². The molecule has 4 unspecified atom stereocenters. The summed E-state index contributed by atoms with van der Waals surface area (Å²) in [5, 5.41) is 16.5. The Hall–Kier alpha value is -3.97. The number of anilines is 1. The van der Waals surface area contributed by atoms with Crippen molar-refractivity contribution >= 4 is 27.5 Å². The van der Waals surface area contributed by atoms with Gasteiger partial charge in [0.25, 0.3) is 0 Å². The van der Waals surface area contributed by atoms with Crippen molar-refractivity contribution in [2.24, 2.45) is 17.3 Å². The normalized spacial score (nSPS) is 26.6. The minimum atomic E-state index is -0.470. The van der Waals surface area contributed by atoms with Crippen LogP contribution in [0, 0.1) is 35.4 Å². The number of piperazine rings is 1. The lowest BCUT2D eigenvalue weighted by Gasteiger charge is -2.34. The smallest absolute Gasteiger partial charge is 0.319 e.